The van der Waals surface area contributed by atoms with Crippen molar-refractivity contribution in [3.8, 4) is 22.8 Å². The highest BCUT2D eigenvalue weighted by Crippen LogP contribution is 2.35. The molecule has 0 amide bonds. The zero-order valence-electron chi connectivity index (χ0n) is 14.4. The zero-order valence-corrected chi connectivity index (χ0v) is 14.4. The lowest BCUT2D eigenvalue weighted by Gasteiger charge is -2.08. The van der Waals surface area contributed by atoms with Gasteiger partial charge in [-0.15, -0.1) is 0 Å². The van der Waals surface area contributed by atoms with Crippen LogP contribution in [0.2, 0.25) is 0 Å². The molecule has 0 saturated carbocycles. The van der Waals surface area contributed by atoms with E-state index in [0.29, 0.717) is 17.8 Å². The highest BCUT2D eigenvalue weighted by molar-refractivity contribution is 5.88. The average Bonchev–Trinajstić information content (AvgIpc) is 3.05. The van der Waals surface area contributed by atoms with Crippen molar-refractivity contribution in [2.45, 2.75) is 13.3 Å². The number of furan rings is 1. The molecule has 25 heavy (non-hydrogen) atoms. The van der Waals surface area contributed by atoms with E-state index in [9.17, 15) is 4.79 Å². The van der Waals surface area contributed by atoms with Crippen molar-refractivity contribution in [2.75, 3.05) is 14.2 Å². The summed E-state index contributed by atoms with van der Waals surface area (Å²) in [6.07, 6.45) is 0.435. The molecule has 1 unspecified atom stereocenters. The normalized spacial score (nSPS) is 12.1. The van der Waals surface area contributed by atoms with Crippen LogP contribution in [0.25, 0.3) is 22.3 Å². The van der Waals surface area contributed by atoms with Gasteiger partial charge in [-0.3, -0.25) is 4.79 Å². The first-order valence-corrected chi connectivity index (χ1v) is 7.99. The van der Waals surface area contributed by atoms with Gasteiger partial charge in [0.1, 0.15) is 11.5 Å². The highest BCUT2D eigenvalue weighted by atomic mass is 16.5. The van der Waals surface area contributed by atoms with Crippen molar-refractivity contribution < 1.29 is 23.8 Å². The maximum atomic E-state index is 11.1. The number of benzene rings is 2. The van der Waals surface area contributed by atoms with Crippen molar-refractivity contribution in [3.63, 3.8) is 0 Å². The number of carboxylic acid groups (broad SMARTS) is 1. The second kappa shape index (κ2) is 6.89. The molecule has 1 N–H and O–H groups in total. The summed E-state index contributed by atoms with van der Waals surface area (Å²) in [6, 6.07) is 13.3. The molecule has 0 radical (unpaired) electrons. The van der Waals surface area contributed by atoms with Crippen LogP contribution < -0.4 is 9.47 Å². The van der Waals surface area contributed by atoms with Crippen LogP contribution in [0.3, 0.4) is 0 Å². The first-order valence-electron chi connectivity index (χ1n) is 7.99. The van der Waals surface area contributed by atoms with E-state index in [1.165, 1.54) is 0 Å². The molecule has 1 aromatic heterocycles. The maximum absolute atomic E-state index is 11.1. The zero-order chi connectivity index (χ0) is 18.0. The largest absolute Gasteiger partial charge is 0.497 e. The van der Waals surface area contributed by atoms with Gasteiger partial charge in [0.25, 0.3) is 0 Å². The fourth-order valence-corrected chi connectivity index (χ4v) is 2.79. The molecule has 130 valence electrons. The standard InChI is InChI=1S/C20H20O5/c1-12(20(21)22)8-13-9-15-11-17(25-19(15)18(10-13)24-3)14-4-6-16(23-2)7-5-14/h4-7,9-12H,8H2,1-3H3,(H,21,22). The van der Waals surface area contributed by atoms with Crippen LogP contribution in [0, 0.1) is 5.92 Å². The predicted molar refractivity (Wildman–Crippen MR) is 95.3 cm³/mol. The number of ether oxygens (including phenoxy) is 2. The molecule has 0 fully saturated rings. The van der Waals surface area contributed by atoms with E-state index < -0.39 is 11.9 Å². The van der Waals surface area contributed by atoms with Gasteiger partial charge >= 0.3 is 5.97 Å². The van der Waals surface area contributed by atoms with E-state index in [2.05, 4.69) is 0 Å². The van der Waals surface area contributed by atoms with Gasteiger partial charge in [-0.05, 0) is 54.4 Å². The predicted octanol–water partition coefficient (Wildman–Crippen LogP) is 4.38. The van der Waals surface area contributed by atoms with E-state index in [4.69, 9.17) is 19.0 Å². The lowest BCUT2D eigenvalue weighted by Crippen LogP contribution is -2.12. The third-order valence-electron chi connectivity index (χ3n) is 4.20. The molecule has 3 rings (SSSR count). The van der Waals surface area contributed by atoms with Gasteiger partial charge in [-0.25, -0.2) is 0 Å². The second-order valence-corrected chi connectivity index (χ2v) is 6.00. The van der Waals surface area contributed by atoms with E-state index in [1.807, 2.05) is 42.5 Å². The fourth-order valence-electron chi connectivity index (χ4n) is 2.79. The molecule has 0 aliphatic rings. The third-order valence-corrected chi connectivity index (χ3v) is 4.20. The summed E-state index contributed by atoms with van der Waals surface area (Å²) < 4.78 is 16.6. The van der Waals surface area contributed by atoms with Crippen LogP contribution >= 0.6 is 0 Å². The molecule has 1 atom stereocenters. The smallest absolute Gasteiger partial charge is 0.306 e. The van der Waals surface area contributed by atoms with Crippen LogP contribution in [0.5, 0.6) is 11.5 Å². The third kappa shape index (κ3) is 3.45. The maximum Gasteiger partial charge on any atom is 0.306 e. The van der Waals surface area contributed by atoms with Gasteiger partial charge in [0.2, 0.25) is 0 Å². The number of hydrogen-bond acceptors (Lipinski definition) is 4. The summed E-state index contributed by atoms with van der Waals surface area (Å²) in [5.74, 6) is 0.826. The minimum absolute atomic E-state index is 0.435. The Morgan fingerprint density at radius 2 is 1.84 bits per heavy atom. The van der Waals surface area contributed by atoms with Crippen LogP contribution in [0.15, 0.2) is 46.9 Å². The minimum atomic E-state index is -0.815. The number of aliphatic carboxylic acids is 1. The van der Waals surface area contributed by atoms with Crippen LogP contribution in [0.1, 0.15) is 12.5 Å². The molecule has 1 heterocycles. The lowest BCUT2D eigenvalue weighted by atomic mass is 10.00. The van der Waals surface area contributed by atoms with Gasteiger partial charge in [0.05, 0.1) is 20.1 Å². The van der Waals surface area contributed by atoms with Crippen LogP contribution in [-0.4, -0.2) is 25.3 Å². The highest BCUT2D eigenvalue weighted by Gasteiger charge is 2.16. The van der Waals surface area contributed by atoms with Crippen LogP contribution in [0.4, 0.5) is 0 Å². The molecule has 0 aliphatic heterocycles. The van der Waals surface area contributed by atoms with Gasteiger partial charge in [0.15, 0.2) is 11.3 Å². The van der Waals surface area contributed by atoms with Crippen molar-refractivity contribution >= 4 is 16.9 Å². The monoisotopic (exact) mass is 340 g/mol. The molecule has 2 aromatic carbocycles. The van der Waals surface area contributed by atoms with Crippen molar-refractivity contribution in [2.24, 2.45) is 5.92 Å². The van der Waals surface area contributed by atoms with E-state index in [0.717, 1.165) is 28.0 Å². The first kappa shape index (κ1) is 16.9. The van der Waals surface area contributed by atoms with Gasteiger partial charge < -0.3 is 19.0 Å². The summed E-state index contributed by atoms with van der Waals surface area (Å²) >= 11 is 0. The molecular weight excluding hydrogens is 320 g/mol. The van der Waals surface area contributed by atoms with Crippen LogP contribution in [-0.2, 0) is 11.2 Å². The molecule has 0 bridgehead atoms. The Balaban J connectivity index is 2.01. The van der Waals surface area contributed by atoms with E-state index >= 15 is 0 Å². The Morgan fingerprint density at radius 3 is 2.44 bits per heavy atom. The van der Waals surface area contributed by atoms with E-state index in [1.54, 1.807) is 21.1 Å². The quantitative estimate of drug-likeness (QED) is 0.721. The van der Waals surface area contributed by atoms with E-state index in [-0.39, 0.29) is 0 Å². The Hall–Kier alpha value is -2.95. The Kier molecular flexibility index (Phi) is 4.65. The topological polar surface area (TPSA) is 68.9 Å². The summed E-state index contributed by atoms with van der Waals surface area (Å²) in [6.45, 7) is 1.69. The molecular formula is C20H20O5. The van der Waals surface area contributed by atoms with Gasteiger partial charge in [-0.2, -0.15) is 0 Å². The molecule has 3 aromatic rings. The lowest BCUT2D eigenvalue weighted by molar-refractivity contribution is -0.141. The minimum Gasteiger partial charge on any atom is -0.497 e. The Morgan fingerprint density at radius 1 is 1.12 bits per heavy atom. The SMILES string of the molecule is COc1ccc(-c2cc3cc(CC(C)C(=O)O)cc(OC)c3o2)cc1. The molecule has 0 aliphatic carbocycles. The summed E-state index contributed by atoms with van der Waals surface area (Å²) in [5, 5.41) is 10.0. The number of hydrogen-bond donors (Lipinski definition) is 1. The number of rotatable bonds is 6. The molecule has 0 spiro atoms. The van der Waals surface area contributed by atoms with Gasteiger partial charge in [0, 0.05) is 10.9 Å². The number of carbonyl (C=O) groups is 1. The van der Waals surface area contributed by atoms with Crippen molar-refractivity contribution in [1.82, 2.24) is 0 Å². The average molecular weight is 340 g/mol. The van der Waals surface area contributed by atoms with Gasteiger partial charge in [-0.1, -0.05) is 6.92 Å². The molecule has 5 nitrogen and oxygen atoms in total. The van der Waals surface area contributed by atoms with Crippen molar-refractivity contribution in [3.05, 3.63) is 48.0 Å². The number of methoxy groups -OCH3 is 2. The summed E-state index contributed by atoms with van der Waals surface area (Å²) in [4.78, 5) is 11.1. The number of carboxylic acids is 1. The Bertz CT molecular complexity index is 892. The second-order valence-electron chi connectivity index (χ2n) is 6.00. The molecule has 0 saturated heterocycles. The first-order chi connectivity index (χ1) is 12.0. The fraction of sp³-hybridized carbons (Fsp3) is 0.250. The Labute approximate surface area is 145 Å². The summed E-state index contributed by atoms with van der Waals surface area (Å²) in [5.41, 5.74) is 2.49. The summed E-state index contributed by atoms with van der Waals surface area (Å²) in [7, 11) is 3.20. The molecule has 5 heteroatoms. The number of fused-ring (bicyclic) bond motifs is 1. The van der Waals surface area contributed by atoms with Crippen molar-refractivity contribution in [1.29, 1.82) is 0 Å².